The molecule has 0 saturated carbocycles. The monoisotopic (exact) mass is 370 g/mol. The van der Waals surface area contributed by atoms with Crippen LogP contribution in [0.5, 0.6) is 11.5 Å². The zero-order valence-electron chi connectivity index (χ0n) is 9.61. The molecule has 0 heterocycles. The maximum atomic E-state index is 11.2. The molecular weight excluding hydrogens is 366 g/mol. The molecule has 0 aliphatic rings. The summed E-state index contributed by atoms with van der Waals surface area (Å²) in [5, 5.41) is 0.840. The van der Waals surface area contributed by atoms with Crippen LogP contribution in [0.3, 0.4) is 0 Å². The van der Waals surface area contributed by atoms with E-state index in [-0.39, 0.29) is 15.7 Å². The first-order chi connectivity index (χ1) is 9.27. The minimum absolute atomic E-state index is 0.106. The largest absolute Gasteiger partial charge is 0.456 e. The molecule has 20 heavy (non-hydrogen) atoms. The zero-order chi connectivity index (χ0) is 14.9. The number of rotatable bonds is 3. The number of ether oxygens (including phenoxy) is 1. The quantitative estimate of drug-likeness (QED) is 0.681. The molecule has 2 aromatic rings. The molecule has 2 aromatic carbocycles. The van der Waals surface area contributed by atoms with Crippen molar-refractivity contribution in [3.05, 3.63) is 51.5 Å². The predicted molar refractivity (Wildman–Crippen MR) is 81.0 cm³/mol. The van der Waals surface area contributed by atoms with Gasteiger partial charge in [-0.25, -0.2) is 8.42 Å². The second kappa shape index (κ2) is 6.00. The Bertz CT molecular complexity index is 759. The van der Waals surface area contributed by atoms with Gasteiger partial charge in [0.15, 0.2) is 0 Å². The molecule has 0 atom stereocenters. The van der Waals surface area contributed by atoms with Gasteiger partial charge in [-0.15, -0.1) is 0 Å². The van der Waals surface area contributed by atoms with Crippen LogP contribution in [0.2, 0.25) is 15.1 Å². The molecule has 2 rings (SSSR count). The standard InChI is InChI=1S/C12H6Cl4O3S/c13-9-3-1-7(5-10(9)14)19-12-4-2-8(6-11(12)15)20(16,17)18/h1-6H. The van der Waals surface area contributed by atoms with E-state index in [4.69, 9.17) is 50.2 Å². The summed E-state index contributed by atoms with van der Waals surface area (Å²) in [7, 11) is 1.39. The second-order valence-electron chi connectivity index (χ2n) is 3.71. The van der Waals surface area contributed by atoms with E-state index >= 15 is 0 Å². The molecule has 0 radical (unpaired) electrons. The molecule has 0 saturated heterocycles. The highest BCUT2D eigenvalue weighted by molar-refractivity contribution is 8.13. The van der Waals surface area contributed by atoms with Crippen LogP contribution in [0.4, 0.5) is 0 Å². The van der Waals surface area contributed by atoms with E-state index < -0.39 is 9.05 Å². The van der Waals surface area contributed by atoms with Gasteiger partial charge in [-0.1, -0.05) is 34.8 Å². The Kier molecular flexibility index (Phi) is 4.72. The van der Waals surface area contributed by atoms with Crippen molar-refractivity contribution in [3.8, 4) is 11.5 Å². The van der Waals surface area contributed by atoms with Crippen molar-refractivity contribution in [1.29, 1.82) is 0 Å². The Hall–Kier alpha value is -0.650. The molecule has 0 N–H and O–H groups in total. The van der Waals surface area contributed by atoms with E-state index in [1.807, 2.05) is 0 Å². The molecule has 3 nitrogen and oxygen atoms in total. The molecule has 0 spiro atoms. The van der Waals surface area contributed by atoms with Gasteiger partial charge in [-0.2, -0.15) is 0 Å². The smallest absolute Gasteiger partial charge is 0.261 e. The van der Waals surface area contributed by atoms with E-state index in [9.17, 15) is 8.42 Å². The minimum atomic E-state index is -3.83. The molecule has 8 heteroatoms. The third kappa shape index (κ3) is 3.71. The summed E-state index contributed by atoms with van der Waals surface area (Å²) in [6.07, 6.45) is 0. The van der Waals surface area contributed by atoms with Crippen molar-refractivity contribution in [2.75, 3.05) is 0 Å². The van der Waals surface area contributed by atoms with Crippen molar-refractivity contribution < 1.29 is 13.2 Å². The molecule has 0 unspecified atom stereocenters. The number of benzene rings is 2. The SMILES string of the molecule is O=S(=O)(Cl)c1ccc(Oc2ccc(Cl)c(Cl)c2)c(Cl)c1. The van der Waals surface area contributed by atoms with Crippen LogP contribution in [-0.4, -0.2) is 8.42 Å². The Morgan fingerprint density at radius 3 is 2.10 bits per heavy atom. The minimum Gasteiger partial charge on any atom is -0.456 e. The maximum Gasteiger partial charge on any atom is 0.261 e. The Balaban J connectivity index is 2.32. The van der Waals surface area contributed by atoms with Crippen LogP contribution < -0.4 is 4.74 Å². The highest BCUT2D eigenvalue weighted by Gasteiger charge is 2.13. The predicted octanol–water partition coefficient (Wildman–Crippen LogP) is 5.37. The highest BCUT2D eigenvalue weighted by Crippen LogP contribution is 2.34. The van der Waals surface area contributed by atoms with Crippen molar-refractivity contribution >= 4 is 54.5 Å². The van der Waals surface area contributed by atoms with Crippen molar-refractivity contribution in [1.82, 2.24) is 0 Å². The number of hydrogen-bond acceptors (Lipinski definition) is 3. The lowest BCUT2D eigenvalue weighted by Crippen LogP contribution is -1.92. The van der Waals surface area contributed by atoms with Crippen molar-refractivity contribution in [3.63, 3.8) is 0 Å². The van der Waals surface area contributed by atoms with Crippen molar-refractivity contribution in [2.24, 2.45) is 0 Å². The van der Waals surface area contributed by atoms with Gasteiger partial charge in [0.2, 0.25) is 0 Å². The summed E-state index contributed by atoms with van der Waals surface area (Å²) in [5.41, 5.74) is 0. The number of halogens is 4. The first-order valence-electron chi connectivity index (χ1n) is 5.14. The number of hydrogen-bond donors (Lipinski definition) is 0. The summed E-state index contributed by atoms with van der Waals surface area (Å²) >= 11 is 17.6. The fourth-order valence-corrected chi connectivity index (χ4v) is 2.73. The van der Waals surface area contributed by atoms with Gasteiger partial charge < -0.3 is 4.74 Å². The first kappa shape index (κ1) is 15.7. The zero-order valence-corrected chi connectivity index (χ0v) is 13.4. The molecule has 0 amide bonds. The fourth-order valence-electron chi connectivity index (χ4n) is 1.38. The first-order valence-corrected chi connectivity index (χ1v) is 8.59. The van der Waals surface area contributed by atoms with Crippen LogP contribution in [-0.2, 0) is 9.05 Å². The highest BCUT2D eigenvalue weighted by atomic mass is 35.7. The van der Waals surface area contributed by atoms with Crippen LogP contribution in [0.1, 0.15) is 0 Å². The van der Waals surface area contributed by atoms with Gasteiger partial charge in [0.05, 0.1) is 20.0 Å². The van der Waals surface area contributed by atoms with Crippen LogP contribution in [0, 0.1) is 0 Å². The second-order valence-corrected chi connectivity index (χ2v) is 7.50. The lowest BCUT2D eigenvalue weighted by atomic mass is 10.3. The lowest BCUT2D eigenvalue weighted by molar-refractivity contribution is 0.482. The van der Waals surface area contributed by atoms with E-state index in [0.717, 1.165) is 0 Å². The van der Waals surface area contributed by atoms with Crippen LogP contribution in [0.25, 0.3) is 0 Å². The summed E-state index contributed by atoms with van der Waals surface area (Å²) in [6.45, 7) is 0. The van der Waals surface area contributed by atoms with E-state index in [1.54, 1.807) is 12.1 Å². The van der Waals surface area contributed by atoms with Gasteiger partial charge in [0.25, 0.3) is 9.05 Å². The van der Waals surface area contributed by atoms with Gasteiger partial charge in [-0.05, 0) is 30.3 Å². The van der Waals surface area contributed by atoms with Crippen molar-refractivity contribution in [2.45, 2.75) is 4.90 Å². The van der Waals surface area contributed by atoms with E-state index in [2.05, 4.69) is 0 Å². The third-order valence-corrected chi connectivity index (χ3v) is 4.69. The Labute approximate surface area is 135 Å². The van der Waals surface area contributed by atoms with E-state index in [1.165, 1.54) is 24.3 Å². The average Bonchev–Trinajstić information content (AvgIpc) is 2.35. The summed E-state index contributed by atoms with van der Waals surface area (Å²) < 4.78 is 27.8. The lowest BCUT2D eigenvalue weighted by Gasteiger charge is -2.09. The third-order valence-electron chi connectivity index (χ3n) is 2.30. The molecular formula is C12H6Cl4O3S. The molecule has 106 valence electrons. The molecule has 0 bridgehead atoms. The molecule has 0 aliphatic heterocycles. The van der Waals surface area contributed by atoms with Gasteiger partial charge in [0, 0.05) is 16.7 Å². The van der Waals surface area contributed by atoms with Gasteiger partial charge in [-0.3, -0.25) is 0 Å². The van der Waals surface area contributed by atoms with Gasteiger partial charge >= 0.3 is 0 Å². The molecule has 0 fully saturated rings. The normalized spacial score (nSPS) is 11.4. The Morgan fingerprint density at radius 2 is 1.55 bits per heavy atom. The average molecular weight is 372 g/mol. The molecule has 0 aliphatic carbocycles. The fraction of sp³-hybridized carbons (Fsp3) is 0. The summed E-state index contributed by atoms with van der Waals surface area (Å²) in [5.74, 6) is 0.692. The molecule has 0 aromatic heterocycles. The summed E-state index contributed by atoms with van der Waals surface area (Å²) in [4.78, 5) is -0.106. The van der Waals surface area contributed by atoms with Crippen LogP contribution in [0.15, 0.2) is 41.3 Å². The van der Waals surface area contributed by atoms with E-state index in [0.29, 0.717) is 15.8 Å². The topological polar surface area (TPSA) is 43.4 Å². The summed E-state index contributed by atoms with van der Waals surface area (Å²) in [6, 6.07) is 8.60. The Morgan fingerprint density at radius 1 is 0.850 bits per heavy atom. The van der Waals surface area contributed by atoms with Crippen LogP contribution >= 0.6 is 45.5 Å². The van der Waals surface area contributed by atoms with Gasteiger partial charge in [0.1, 0.15) is 11.5 Å². The maximum absolute atomic E-state index is 11.2.